The van der Waals surface area contributed by atoms with E-state index in [1.54, 1.807) is 0 Å². The van der Waals surface area contributed by atoms with Gasteiger partial charge in [0.1, 0.15) is 6.10 Å². The van der Waals surface area contributed by atoms with Gasteiger partial charge in [-0.15, -0.1) is 0 Å². The summed E-state index contributed by atoms with van der Waals surface area (Å²) in [7, 11) is -6.73. The molecule has 7 heteroatoms. The lowest BCUT2D eigenvalue weighted by Crippen LogP contribution is -2.67. The van der Waals surface area contributed by atoms with E-state index in [1.807, 2.05) is 0 Å². The van der Waals surface area contributed by atoms with Gasteiger partial charge in [-0.25, -0.2) is 0 Å². The van der Waals surface area contributed by atoms with Crippen molar-refractivity contribution in [3.63, 3.8) is 0 Å². The Kier molecular flexibility index (Phi) is 11.3. The lowest BCUT2D eigenvalue weighted by Gasteiger charge is -2.48. The largest absolute Gasteiger partial charge is 0.414 e. The van der Waals surface area contributed by atoms with Gasteiger partial charge in [0.05, 0.1) is 18.8 Å². The molecule has 5 rings (SSSR count). The van der Waals surface area contributed by atoms with Crippen molar-refractivity contribution in [3.05, 3.63) is 72.3 Å². The molecule has 0 aromatic heterocycles. The molecule has 0 amide bonds. The van der Waals surface area contributed by atoms with Crippen molar-refractivity contribution < 1.29 is 18.0 Å². The van der Waals surface area contributed by atoms with Crippen LogP contribution < -0.4 is 10.4 Å². The average molecular weight is 735 g/mol. The molecule has 1 saturated carbocycles. The molecule has 1 saturated heterocycles. The molecule has 2 aliphatic carbocycles. The van der Waals surface area contributed by atoms with E-state index in [0.29, 0.717) is 31.0 Å². The second-order valence-electron chi connectivity index (χ2n) is 20.1. The van der Waals surface area contributed by atoms with Gasteiger partial charge in [0.2, 0.25) is 0 Å². The first-order valence-corrected chi connectivity index (χ1v) is 27.2. The molecule has 0 N–H and O–H groups in total. The molecule has 1 aliphatic heterocycles. The van der Waals surface area contributed by atoms with Gasteiger partial charge in [0.25, 0.3) is 8.32 Å². The molecule has 1 heterocycles. The Labute approximate surface area is 309 Å². The van der Waals surface area contributed by atoms with E-state index in [0.717, 1.165) is 6.61 Å². The SMILES string of the molecule is CC(C)(C)[Si](C)(C)OC[C@H]1O[C@@](C)(CO[Si](C)(C)C(C)(C)C)[C@H]2C1=C[C@@H]1CCC[C@@H]1[C@H]2CO[Si](c1ccccc1)(c1ccccc1)C(C)(C)C. The molecule has 0 radical (unpaired) electrons. The quantitative estimate of drug-likeness (QED) is 0.170. The van der Waals surface area contributed by atoms with Crippen LogP contribution >= 0.6 is 0 Å². The van der Waals surface area contributed by atoms with E-state index >= 15 is 0 Å². The fraction of sp³-hybridized carbons (Fsp3) is 0.674. The minimum atomic E-state index is -2.72. The maximum Gasteiger partial charge on any atom is 0.261 e. The van der Waals surface area contributed by atoms with E-state index in [1.165, 1.54) is 35.2 Å². The molecule has 278 valence electrons. The van der Waals surface area contributed by atoms with Crippen molar-refractivity contribution in [1.29, 1.82) is 0 Å². The van der Waals surface area contributed by atoms with E-state index in [2.05, 4.69) is 162 Å². The molecule has 2 fully saturated rings. The van der Waals surface area contributed by atoms with E-state index in [4.69, 9.17) is 18.0 Å². The second kappa shape index (κ2) is 14.1. The molecule has 0 spiro atoms. The number of hydrogen-bond donors (Lipinski definition) is 0. The zero-order valence-corrected chi connectivity index (χ0v) is 37.1. The van der Waals surface area contributed by atoms with E-state index in [9.17, 15) is 0 Å². The molecular formula is C43H70O4Si3. The highest BCUT2D eigenvalue weighted by Gasteiger charge is 2.59. The lowest BCUT2D eigenvalue weighted by molar-refractivity contribution is -0.0989. The summed E-state index contributed by atoms with van der Waals surface area (Å²) in [6.45, 7) is 35.0. The van der Waals surface area contributed by atoms with Crippen LogP contribution in [0.3, 0.4) is 0 Å². The highest BCUT2D eigenvalue weighted by molar-refractivity contribution is 6.99. The zero-order valence-electron chi connectivity index (χ0n) is 34.1. The Hall–Kier alpha value is -1.33. The Morgan fingerprint density at radius 1 is 0.680 bits per heavy atom. The number of allylic oxidation sites excluding steroid dienone is 1. The van der Waals surface area contributed by atoms with Gasteiger partial charge in [0.15, 0.2) is 16.6 Å². The van der Waals surface area contributed by atoms with Gasteiger partial charge >= 0.3 is 0 Å². The van der Waals surface area contributed by atoms with Gasteiger partial charge in [-0.05, 0) is 94.8 Å². The fourth-order valence-electron chi connectivity index (χ4n) is 8.68. The standard InChI is InChI=1S/C43H70O4Si3/c1-40(2,3)48(11,12)44-30-38-36-28-32-22-21-27-35(32)37(39(36)43(10,47-38)31-46-49(13,14)41(4,5)6)29-45-50(42(7,8)9,33-23-17-15-18-24-33)34-25-19-16-20-26-34/h15-20,23-26,28,32,35,37-39H,21-22,27,29-31H2,1-14H3/t32-,35-,37+,38+,39-,43-/m0/s1. The van der Waals surface area contributed by atoms with Crippen LogP contribution in [0, 0.1) is 23.7 Å². The summed E-state index contributed by atoms with van der Waals surface area (Å²) in [5, 5.41) is 2.89. The first-order chi connectivity index (χ1) is 23.0. The third-order valence-electron chi connectivity index (χ3n) is 13.6. The summed E-state index contributed by atoms with van der Waals surface area (Å²) < 4.78 is 29.2. The maximum atomic E-state index is 7.81. The summed E-state index contributed by atoms with van der Waals surface area (Å²) in [5.74, 6) is 1.71. The summed E-state index contributed by atoms with van der Waals surface area (Å²) in [6.07, 6.45) is 6.39. The predicted molar refractivity (Wildman–Crippen MR) is 219 cm³/mol. The molecule has 3 aliphatic rings. The van der Waals surface area contributed by atoms with Crippen LogP contribution in [-0.2, 0) is 18.0 Å². The first kappa shape index (κ1) is 39.9. The van der Waals surface area contributed by atoms with Crippen LogP contribution in [0.15, 0.2) is 72.3 Å². The van der Waals surface area contributed by atoms with Crippen molar-refractivity contribution in [2.75, 3.05) is 19.8 Å². The van der Waals surface area contributed by atoms with Crippen molar-refractivity contribution in [2.24, 2.45) is 23.7 Å². The second-order valence-corrected chi connectivity index (χ2v) is 34.0. The van der Waals surface area contributed by atoms with E-state index < -0.39 is 30.6 Å². The minimum Gasteiger partial charge on any atom is -0.414 e. The van der Waals surface area contributed by atoms with Gasteiger partial charge in [-0.1, -0.05) is 135 Å². The summed E-state index contributed by atoms with van der Waals surface area (Å²) in [6, 6.07) is 22.3. The van der Waals surface area contributed by atoms with Crippen LogP contribution in [-0.4, -0.2) is 56.5 Å². The molecule has 0 bridgehead atoms. The smallest absolute Gasteiger partial charge is 0.261 e. The van der Waals surface area contributed by atoms with Gasteiger partial charge in [-0.3, -0.25) is 0 Å². The molecule has 2 aromatic rings. The molecule has 6 atom stereocenters. The lowest BCUT2D eigenvalue weighted by atomic mass is 9.64. The van der Waals surface area contributed by atoms with E-state index in [-0.39, 0.29) is 27.1 Å². The number of ether oxygens (including phenoxy) is 1. The average Bonchev–Trinajstić information content (AvgIpc) is 3.61. The predicted octanol–water partition coefficient (Wildman–Crippen LogP) is 10.4. The zero-order chi connectivity index (χ0) is 37.0. The van der Waals surface area contributed by atoms with Crippen LogP contribution in [0.2, 0.25) is 41.3 Å². The summed E-state index contributed by atoms with van der Waals surface area (Å²) in [4.78, 5) is 0. The summed E-state index contributed by atoms with van der Waals surface area (Å²) in [5.41, 5.74) is 1.000. The normalized spacial score (nSPS) is 28.0. The van der Waals surface area contributed by atoms with Gasteiger partial charge in [-0.2, -0.15) is 0 Å². The van der Waals surface area contributed by atoms with Crippen LogP contribution in [0.4, 0.5) is 0 Å². The topological polar surface area (TPSA) is 36.9 Å². The Morgan fingerprint density at radius 2 is 1.20 bits per heavy atom. The van der Waals surface area contributed by atoms with Crippen molar-refractivity contribution in [1.82, 2.24) is 0 Å². The molecular weight excluding hydrogens is 665 g/mol. The Bertz CT molecular complexity index is 1430. The molecule has 50 heavy (non-hydrogen) atoms. The highest BCUT2D eigenvalue weighted by atomic mass is 28.4. The van der Waals surface area contributed by atoms with Gasteiger partial charge in [0, 0.05) is 12.5 Å². The molecule has 2 aromatic carbocycles. The monoisotopic (exact) mass is 734 g/mol. The Balaban J connectivity index is 1.58. The highest BCUT2D eigenvalue weighted by Crippen LogP contribution is 2.57. The van der Waals surface area contributed by atoms with Crippen molar-refractivity contribution in [3.8, 4) is 0 Å². The van der Waals surface area contributed by atoms with Crippen molar-refractivity contribution >= 4 is 35.3 Å². The van der Waals surface area contributed by atoms with Crippen LogP contribution in [0.5, 0.6) is 0 Å². The van der Waals surface area contributed by atoms with Crippen LogP contribution in [0.25, 0.3) is 0 Å². The van der Waals surface area contributed by atoms with Crippen LogP contribution in [0.1, 0.15) is 88.5 Å². The number of benzene rings is 2. The maximum absolute atomic E-state index is 7.81. The number of fused-ring (bicyclic) bond motifs is 2. The number of rotatable bonds is 11. The van der Waals surface area contributed by atoms with Gasteiger partial charge < -0.3 is 18.0 Å². The van der Waals surface area contributed by atoms with Crippen molar-refractivity contribution in [2.45, 2.75) is 142 Å². The third-order valence-corrected chi connectivity index (χ3v) is 27.6. The summed E-state index contributed by atoms with van der Waals surface area (Å²) >= 11 is 0. The number of hydrogen-bond acceptors (Lipinski definition) is 4. The third kappa shape index (κ3) is 7.53. The molecule has 4 nitrogen and oxygen atoms in total. The molecule has 0 unspecified atom stereocenters. The fourth-order valence-corrected chi connectivity index (χ4v) is 15.4. The minimum absolute atomic E-state index is 0.0564. The Morgan fingerprint density at radius 3 is 1.70 bits per heavy atom. The first-order valence-electron chi connectivity index (χ1n) is 19.5.